The van der Waals surface area contributed by atoms with Crippen molar-refractivity contribution < 1.29 is 9.47 Å². The summed E-state index contributed by atoms with van der Waals surface area (Å²) in [6, 6.07) is 8.21. The standard InChI is InChI=1S/C17H24N2O2/c1-5-8-19-15-10-17(3,4)21-16-9-13(6-7-14(15)16)20-12(2)11-18/h6-7,9,12,15,19H,5,8,10H2,1-4H3. The van der Waals surface area contributed by atoms with Gasteiger partial charge in [-0.05, 0) is 39.8 Å². The van der Waals surface area contributed by atoms with Gasteiger partial charge in [0.05, 0.1) is 0 Å². The summed E-state index contributed by atoms with van der Waals surface area (Å²) in [6.45, 7) is 9.09. The molecule has 0 spiro atoms. The Morgan fingerprint density at radius 1 is 1.52 bits per heavy atom. The lowest BCUT2D eigenvalue weighted by atomic mass is 9.89. The van der Waals surface area contributed by atoms with Gasteiger partial charge in [0.15, 0.2) is 6.10 Å². The van der Waals surface area contributed by atoms with Gasteiger partial charge in [-0.15, -0.1) is 0 Å². The van der Waals surface area contributed by atoms with Gasteiger partial charge in [0.1, 0.15) is 23.2 Å². The van der Waals surface area contributed by atoms with Crippen LogP contribution in [0.5, 0.6) is 11.5 Å². The number of ether oxygens (including phenoxy) is 2. The minimum Gasteiger partial charge on any atom is -0.487 e. The zero-order chi connectivity index (χ0) is 15.5. The molecule has 1 heterocycles. The van der Waals surface area contributed by atoms with Crippen LogP contribution in [0.15, 0.2) is 18.2 Å². The Kier molecular flexibility index (Phi) is 4.74. The summed E-state index contributed by atoms with van der Waals surface area (Å²) in [5.74, 6) is 1.53. The average Bonchev–Trinajstić information content (AvgIpc) is 2.43. The number of hydrogen-bond donors (Lipinski definition) is 1. The highest BCUT2D eigenvalue weighted by Gasteiger charge is 2.33. The van der Waals surface area contributed by atoms with Crippen molar-refractivity contribution in [3.63, 3.8) is 0 Å². The van der Waals surface area contributed by atoms with Crippen LogP contribution < -0.4 is 14.8 Å². The van der Waals surface area contributed by atoms with Crippen LogP contribution in [-0.2, 0) is 0 Å². The lowest BCUT2D eigenvalue weighted by Crippen LogP contribution is -2.39. The summed E-state index contributed by atoms with van der Waals surface area (Å²) >= 11 is 0. The van der Waals surface area contributed by atoms with Crippen LogP contribution in [0.4, 0.5) is 0 Å². The van der Waals surface area contributed by atoms with E-state index in [1.807, 2.05) is 18.2 Å². The lowest BCUT2D eigenvalue weighted by molar-refractivity contribution is 0.0656. The SMILES string of the molecule is CCCNC1CC(C)(C)Oc2cc(OC(C)C#N)ccc21. The third-order valence-corrected chi connectivity index (χ3v) is 3.58. The molecule has 0 bridgehead atoms. The molecule has 4 nitrogen and oxygen atoms in total. The highest BCUT2D eigenvalue weighted by Crippen LogP contribution is 2.41. The van der Waals surface area contributed by atoms with Crippen LogP contribution in [0.3, 0.4) is 0 Å². The smallest absolute Gasteiger partial charge is 0.181 e. The Hall–Kier alpha value is -1.73. The zero-order valence-electron chi connectivity index (χ0n) is 13.3. The number of nitrogens with one attached hydrogen (secondary N) is 1. The largest absolute Gasteiger partial charge is 0.487 e. The van der Waals surface area contributed by atoms with Crippen LogP contribution in [0.1, 0.15) is 52.1 Å². The molecule has 0 radical (unpaired) electrons. The number of benzene rings is 1. The summed E-state index contributed by atoms with van der Waals surface area (Å²) in [4.78, 5) is 0. The van der Waals surface area contributed by atoms with E-state index in [0.29, 0.717) is 11.8 Å². The molecule has 0 saturated heterocycles. The maximum Gasteiger partial charge on any atom is 0.181 e. The van der Waals surface area contributed by atoms with E-state index < -0.39 is 6.10 Å². The zero-order valence-corrected chi connectivity index (χ0v) is 13.3. The van der Waals surface area contributed by atoms with Crippen molar-refractivity contribution in [2.75, 3.05) is 6.54 Å². The summed E-state index contributed by atoms with van der Waals surface area (Å²) in [6.07, 6.45) is 1.58. The van der Waals surface area contributed by atoms with Gasteiger partial charge < -0.3 is 14.8 Å². The molecular formula is C17H24N2O2. The summed E-state index contributed by atoms with van der Waals surface area (Å²) in [5.41, 5.74) is 0.956. The van der Waals surface area contributed by atoms with E-state index in [2.05, 4.69) is 32.2 Å². The number of fused-ring (bicyclic) bond motifs is 1. The molecule has 1 aromatic rings. The first-order valence-electron chi connectivity index (χ1n) is 7.58. The van der Waals surface area contributed by atoms with E-state index in [-0.39, 0.29) is 5.60 Å². The predicted octanol–water partition coefficient (Wildman–Crippen LogP) is 3.58. The Bertz CT molecular complexity index is 534. The molecule has 1 aromatic carbocycles. The first-order valence-corrected chi connectivity index (χ1v) is 7.58. The number of rotatable bonds is 5. The fourth-order valence-corrected chi connectivity index (χ4v) is 2.64. The van der Waals surface area contributed by atoms with Gasteiger partial charge in [-0.1, -0.05) is 13.0 Å². The predicted molar refractivity (Wildman–Crippen MR) is 82.5 cm³/mol. The highest BCUT2D eigenvalue weighted by atomic mass is 16.5. The van der Waals surface area contributed by atoms with Crippen molar-refractivity contribution in [1.29, 1.82) is 5.26 Å². The minimum atomic E-state index is -0.464. The average molecular weight is 288 g/mol. The molecular weight excluding hydrogens is 264 g/mol. The Balaban J connectivity index is 2.26. The number of nitriles is 1. The van der Waals surface area contributed by atoms with Crippen LogP contribution in [0, 0.1) is 11.3 Å². The van der Waals surface area contributed by atoms with Gasteiger partial charge in [0.25, 0.3) is 0 Å². The summed E-state index contributed by atoms with van der Waals surface area (Å²) < 4.78 is 11.6. The summed E-state index contributed by atoms with van der Waals surface area (Å²) in [5, 5.41) is 12.4. The van der Waals surface area contributed by atoms with Crippen molar-refractivity contribution in [3.8, 4) is 17.6 Å². The van der Waals surface area contributed by atoms with Gasteiger partial charge in [-0.3, -0.25) is 0 Å². The van der Waals surface area contributed by atoms with Gasteiger partial charge in [0.2, 0.25) is 0 Å². The van der Waals surface area contributed by atoms with Crippen molar-refractivity contribution in [2.24, 2.45) is 0 Å². The van der Waals surface area contributed by atoms with Gasteiger partial charge in [0, 0.05) is 24.1 Å². The fourth-order valence-electron chi connectivity index (χ4n) is 2.64. The molecule has 2 unspecified atom stereocenters. The maximum atomic E-state index is 8.84. The van der Waals surface area contributed by atoms with E-state index in [1.54, 1.807) is 6.92 Å². The van der Waals surface area contributed by atoms with E-state index in [9.17, 15) is 0 Å². The first-order chi connectivity index (χ1) is 9.95. The van der Waals surface area contributed by atoms with Gasteiger partial charge in [-0.2, -0.15) is 5.26 Å². The molecule has 21 heavy (non-hydrogen) atoms. The molecule has 0 aromatic heterocycles. The van der Waals surface area contributed by atoms with Crippen LogP contribution in [0.25, 0.3) is 0 Å². The molecule has 4 heteroatoms. The molecule has 2 rings (SSSR count). The molecule has 0 amide bonds. The monoisotopic (exact) mass is 288 g/mol. The molecule has 1 aliphatic rings. The molecule has 1 N–H and O–H groups in total. The van der Waals surface area contributed by atoms with Gasteiger partial charge >= 0.3 is 0 Å². The molecule has 0 fully saturated rings. The van der Waals surface area contributed by atoms with Crippen molar-refractivity contribution >= 4 is 0 Å². The lowest BCUT2D eigenvalue weighted by Gasteiger charge is -2.38. The Morgan fingerprint density at radius 2 is 2.29 bits per heavy atom. The normalized spacial score (nSPS) is 20.8. The fraction of sp³-hybridized carbons (Fsp3) is 0.588. The van der Waals surface area contributed by atoms with Gasteiger partial charge in [-0.25, -0.2) is 0 Å². The maximum absolute atomic E-state index is 8.84. The number of nitrogens with zero attached hydrogens (tertiary/aromatic N) is 1. The van der Waals surface area contributed by atoms with Crippen LogP contribution in [-0.4, -0.2) is 18.2 Å². The topological polar surface area (TPSA) is 54.3 Å². The molecule has 2 atom stereocenters. The van der Waals surface area contributed by atoms with Crippen molar-refractivity contribution in [1.82, 2.24) is 5.32 Å². The Labute approximate surface area is 127 Å². The quantitative estimate of drug-likeness (QED) is 0.899. The van der Waals surface area contributed by atoms with E-state index in [0.717, 1.165) is 25.1 Å². The highest BCUT2D eigenvalue weighted by molar-refractivity contribution is 5.44. The molecule has 0 aliphatic carbocycles. The second-order valence-corrected chi connectivity index (χ2v) is 6.16. The second kappa shape index (κ2) is 6.36. The van der Waals surface area contributed by atoms with E-state index in [1.165, 1.54) is 5.56 Å². The van der Waals surface area contributed by atoms with Crippen molar-refractivity contribution in [2.45, 2.75) is 58.3 Å². The van der Waals surface area contributed by atoms with Crippen LogP contribution >= 0.6 is 0 Å². The third kappa shape index (κ3) is 3.89. The van der Waals surface area contributed by atoms with E-state index in [4.69, 9.17) is 14.7 Å². The molecule has 0 saturated carbocycles. The first kappa shape index (κ1) is 15.7. The third-order valence-electron chi connectivity index (χ3n) is 3.58. The van der Waals surface area contributed by atoms with Crippen molar-refractivity contribution in [3.05, 3.63) is 23.8 Å². The molecule has 114 valence electrons. The van der Waals surface area contributed by atoms with Crippen LogP contribution in [0.2, 0.25) is 0 Å². The summed E-state index contributed by atoms with van der Waals surface area (Å²) in [7, 11) is 0. The van der Waals surface area contributed by atoms with E-state index >= 15 is 0 Å². The Morgan fingerprint density at radius 3 is 2.95 bits per heavy atom. The molecule has 1 aliphatic heterocycles. The minimum absolute atomic E-state index is 0.210. The second-order valence-electron chi connectivity index (χ2n) is 6.16. The number of hydrogen-bond acceptors (Lipinski definition) is 4.